The normalized spacial score (nSPS) is 22.3. The van der Waals surface area contributed by atoms with Gasteiger partial charge in [0.25, 0.3) is 0 Å². The molecule has 0 aliphatic heterocycles. The first kappa shape index (κ1) is 8.48. The van der Waals surface area contributed by atoms with Crippen LogP contribution in [0.2, 0.25) is 0 Å². The standard InChI is InChI=1S/C11H17N3/c1-2-10(3-1)14-11(6-7-13-14)8-12-9-4-5-9/h6-7,9-10,12H,1-5,8H2. The van der Waals surface area contributed by atoms with Gasteiger partial charge in [0, 0.05) is 18.8 Å². The SMILES string of the molecule is c1cc(CNC2CC2)n(C2CCC2)n1. The van der Waals surface area contributed by atoms with E-state index in [0.717, 1.165) is 12.6 Å². The number of hydrogen-bond donors (Lipinski definition) is 1. The molecule has 76 valence electrons. The van der Waals surface area contributed by atoms with Crippen molar-refractivity contribution in [3.63, 3.8) is 0 Å². The smallest absolute Gasteiger partial charge is 0.0525 e. The lowest BCUT2D eigenvalue weighted by molar-refractivity contribution is 0.280. The molecule has 3 heteroatoms. The van der Waals surface area contributed by atoms with Gasteiger partial charge in [0.05, 0.1) is 11.7 Å². The Morgan fingerprint density at radius 2 is 2.21 bits per heavy atom. The van der Waals surface area contributed by atoms with Gasteiger partial charge in [0.1, 0.15) is 0 Å². The Labute approximate surface area is 84.5 Å². The molecule has 0 spiro atoms. The minimum atomic E-state index is 0.695. The second-order valence-corrected chi connectivity index (χ2v) is 4.51. The first-order chi connectivity index (χ1) is 6.93. The molecule has 0 saturated heterocycles. The Morgan fingerprint density at radius 1 is 1.36 bits per heavy atom. The van der Waals surface area contributed by atoms with Crippen molar-refractivity contribution in [2.24, 2.45) is 0 Å². The van der Waals surface area contributed by atoms with E-state index in [1.54, 1.807) is 0 Å². The summed E-state index contributed by atoms with van der Waals surface area (Å²) in [7, 11) is 0. The van der Waals surface area contributed by atoms with Gasteiger partial charge in [-0.2, -0.15) is 5.10 Å². The molecule has 2 aliphatic rings. The van der Waals surface area contributed by atoms with E-state index < -0.39 is 0 Å². The summed E-state index contributed by atoms with van der Waals surface area (Å²) in [5.74, 6) is 0. The molecule has 3 rings (SSSR count). The fourth-order valence-corrected chi connectivity index (χ4v) is 1.98. The van der Waals surface area contributed by atoms with Gasteiger partial charge in [-0.3, -0.25) is 4.68 Å². The molecule has 0 amide bonds. The van der Waals surface area contributed by atoms with Crippen LogP contribution >= 0.6 is 0 Å². The van der Waals surface area contributed by atoms with Gasteiger partial charge in [0.15, 0.2) is 0 Å². The minimum Gasteiger partial charge on any atom is -0.308 e. The van der Waals surface area contributed by atoms with Crippen LogP contribution in [0.3, 0.4) is 0 Å². The molecule has 0 unspecified atom stereocenters. The van der Waals surface area contributed by atoms with E-state index in [-0.39, 0.29) is 0 Å². The second-order valence-electron chi connectivity index (χ2n) is 4.51. The predicted octanol–water partition coefficient (Wildman–Crippen LogP) is 1.86. The third-order valence-electron chi connectivity index (χ3n) is 3.32. The summed E-state index contributed by atoms with van der Waals surface area (Å²) in [5.41, 5.74) is 1.36. The molecule has 0 radical (unpaired) electrons. The number of rotatable bonds is 4. The van der Waals surface area contributed by atoms with Gasteiger partial charge >= 0.3 is 0 Å². The van der Waals surface area contributed by atoms with Gasteiger partial charge in [-0.1, -0.05) is 0 Å². The van der Waals surface area contributed by atoms with Crippen molar-refractivity contribution < 1.29 is 0 Å². The van der Waals surface area contributed by atoms with Crippen molar-refractivity contribution in [3.8, 4) is 0 Å². The molecule has 1 heterocycles. The van der Waals surface area contributed by atoms with E-state index >= 15 is 0 Å². The summed E-state index contributed by atoms with van der Waals surface area (Å²) >= 11 is 0. The minimum absolute atomic E-state index is 0.695. The van der Waals surface area contributed by atoms with Gasteiger partial charge in [-0.25, -0.2) is 0 Å². The first-order valence-corrected chi connectivity index (χ1v) is 5.69. The maximum Gasteiger partial charge on any atom is 0.0525 e. The van der Waals surface area contributed by atoms with Crippen molar-refractivity contribution in [1.82, 2.24) is 15.1 Å². The van der Waals surface area contributed by atoms with E-state index in [0.29, 0.717) is 6.04 Å². The van der Waals surface area contributed by atoms with Crippen LogP contribution in [0.25, 0.3) is 0 Å². The summed E-state index contributed by atoms with van der Waals surface area (Å²) in [6.45, 7) is 1.00. The van der Waals surface area contributed by atoms with E-state index in [1.165, 1.54) is 37.8 Å². The van der Waals surface area contributed by atoms with Crippen LogP contribution in [-0.2, 0) is 6.54 Å². The van der Waals surface area contributed by atoms with Gasteiger partial charge in [-0.15, -0.1) is 0 Å². The molecule has 2 saturated carbocycles. The fraction of sp³-hybridized carbons (Fsp3) is 0.727. The molecule has 2 aliphatic carbocycles. The topological polar surface area (TPSA) is 29.9 Å². The number of aromatic nitrogens is 2. The average molecular weight is 191 g/mol. The van der Waals surface area contributed by atoms with Crippen molar-refractivity contribution in [2.45, 2.75) is 50.7 Å². The second kappa shape index (κ2) is 3.39. The molecule has 0 bridgehead atoms. The molecule has 3 nitrogen and oxygen atoms in total. The summed E-state index contributed by atoms with van der Waals surface area (Å²) in [6.07, 6.45) is 8.66. The zero-order chi connectivity index (χ0) is 9.38. The molecule has 1 aromatic heterocycles. The highest BCUT2D eigenvalue weighted by Gasteiger charge is 2.24. The first-order valence-electron chi connectivity index (χ1n) is 5.69. The van der Waals surface area contributed by atoms with E-state index in [1.807, 2.05) is 6.20 Å². The molecule has 0 aromatic carbocycles. The molecule has 1 N–H and O–H groups in total. The highest BCUT2D eigenvalue weighted by molar-refractivity contribution is 5.03. The van der Waals surface area contributed by atoms with E-state index in [4.69, 9.17) is 0 Å². The van der Waals surface area contributed by atoms with Crippen molar-refractivity contribution in [3.05, 3.63) is 18.0 Å². The maximum absolute atomic E-state index is 4.41. The summed E-state index contributed by atoms with van der Waals surface area (Å²) in [6, 6.07) is 3.63. The molecule has 2 fully saturated rings. The number of nitrogens with one attached hydrogen (secondary N) is 1. The van der Waals surface area contributed by atoms with E-state index in [2.05, 4.69) is 21.2 Å². The monoisotopic (exact) mass is 191 g/mol. The van der Waals surface area contributed by atoms with Crippen LogP contribution in [0.4, 0.5) is 0 Å². The summed E-state index contributed by atoms with van der Waals surface area (Å²) < 4.78 is 2.22. The van der Waals surface area contributed by atoms with Gasteiger partial charge < -0.3 is 5.32 Å². The van der Waals surface area contributed by atoms with Crippen LogP contribution in [0.1, 0.15) is 43.8 Å². The van der Waals surface area contributed by atoms with Crippen LogP contribution < -0.4 is 5.32 Å². The predicted molar refractivity (Wildman–Crippen MR) is 55.0 cm³/mol. The van der Waals surface area contributed by atoms with Crippen molar-refractivity contribution in [1.29, 1.82) is 0 Å². The molecular weight excluding hydrogens is 174 g/mol. The number of nitrogens with zero attached hydrogens (tertiary/aromatic N) is 2. The molecule has 14 heavy (non-hydrogen) atoms. The van der Waals surface area contributed by atoms with Crippen LogP contribution in [0, 0.1) is 0 Å². The lowest BCUT2D eigenvalue weighted by atomic mass is 9.93. The Bertz CT molecular complexity index is 310. The zero-order valence-corrected chi connectivity index (χ0v) is 8.45. The Morgan fingerprint density at radius 3 is 2.86 bits per heavy atom. The van der Waals surface area contributed by atoms with Gasteiger partial charge in [-0.05, 0) is 38.2 Å². The fourth-order valence-electron chi connectivity index (χ4n) is 1.98. The molecule has 0 atom stereocenters. The van der Waals surface area contributed by atoms with Crippen LogP contribution in [-0.4, -0.2) is 15.8 Å². The van der Waals surface area contributed by atoms with Crippen molar-refractivity contribution in [2.75, 3.05) is 0 Å². The lowest BCUT2D eigenvalue weighted by Gasteiger charge is -2.27. The summed E-state index contributed by atoms with van der Waals surface area (Å²) in [4.78, 5) is 0. The molecule has 1 aromatic rings. The van der Waals surface area contributed by atoms with Crippen LogP contribution in [0.15, 0.2) is 12.3 Å². The van der Waals surface area contributed by atoms with Gasteiger partial charge in [0.2, 0.25) is 0 Å². The lowest BCUT2D eigenvalue weighted by Crippen LogP contribution is -2.24. The molecular formula is C11H17N3. The highest BCUT2D eigenvalue weighted by atomic mass is 15.3. The van der Waals surface area contributed by atoms with Crippen molar-refractivity contribution >= 4 is 0 Å². The Balaban J connectivity index is 1.65. The van der Waals surface area contributed by atoms with Crippen LogP contribution in [0.5, 0.6) is 0 Å². The Hall–Kier alpha value is -0.830. The van der Waals surface area contributed by atoms with E-state index in [9.17, 15) is 0 Å². The third-order valence-corrected chi connectivity index (χ3v) is 3.32. The quantitative estimate of drug-likeness (QED) is 0.787. The number of hydrogen-bond acceptors (Lipinski definition) is 2. The maximum atomic E-state index is 4.41. The zero-order valence-electron chi connectivity index (χ0n) is 8.45. The highest BCUT2D eigenvalue weighted by Crippen LogP contribution is 2.31. The average Bonchev–Trinajstić information content (AvgIpc) is 2.82. The largest absolute Gasteiger partial charge is 0.308 e. The third kappa shape index (κ3) is 1.57. The Kier molecular flexibility index (Phi) is 2.05. The summed E-state index contributed by atoms with van der Waals surface area (Å²) in [5, 5.41) is 7.95.